The lowest BCUT2D eigenvalue weighted by atomic mass is 10.1. The molecule has 0 aliphatic carbocycles. The summed E-state index contributed by atoms with van der Waals surface area (Å²) in [5, 5.41) is 10.7. The molecule has 1 aromatic rings. The molecular formula is C12H9NO5. The van der Waals surface area contributed by atoms with E-state index in [1.54, 1.807) is 0 Å². The van der Waals surface area contributed by atoms with Crippen LogP contribution in [0.4, 0.5) is 5.69 Å². The molecule has 92 valence electrons. The van der Waals surface area contributed by atoms with Crippen molar-refractivity contribution in [2.45, 2.75) is 6.42 Å². The molecule has 0 unspecified atom stereocenters. The highest BCUT2D eigenvalue weighted by atomic mass is 16.6. The standard InChI is InChI=1S/C12H9NO5/c1-18-12(15)4-2-3-9-5-6-10(8-14)11(7-9)13(16)17/h5-8H,4H2,1H3. The van der Waals surface area contributed by atoms with E-state index < -0.39 is 10.9 Å². The third-order valence-corrected chi connectivity index (χ3v) is 2.05. The predicted molar refractivity (Wildman–Crippen MR) is 62.0 cm³/mol. The van der Waals surface area contributed by atoms with Gasteiger partial charge in [0.15, 0.2) is 6.29 Å². The summed E-state index contributed by atoms with van der Waals surface area (Å²) in [7, 11) is 1.24. The second-order valence-electron chi connectivity index (χ2n) is 3.20. The van der Waals surface area contributed by atoms with Gasteiger partial charge < -0.3 is 4.74 Å². The lowest BCUT2D eigenvalue weighted by Gasteiger charge is -1.96. The summed E-state index contributed by atoms with van der Waals surface area (Å²) in [6.45, 7) is 0. The first-order chi connectivity index (χ1) is 8.58. The zero-order valence-corrected chi connectivity index (χ0v) is 9.50. The van der Waals surface area contributed by atoms with Crippen LogP contribution in [0.25, 0.3) is 0 Å². The highest BCUT2D eigenvalue weighted by Gasteiger charge is 2.12. The zero-order valence-electron chi connectivity index (χ0n) is 9.50. The van der Waals surface area contributed by atoms with Gasteiger partial charge in [0, 0.05) is 11.6 Å². The first kappa shape index (κ1) is 13.4. The van der Waals surface area contributed by atoms with Crippen LogP contribution in [0.5, 0.6) is 0 Å². The molecule has 1 aromatic carbocycles. The van der Waals surface area contributed by atoms with E-state index in [9.17, 15) is 19.7 Å². The zero-order chi connectivity index (χ0) is 13.5. The number of esters is 1. The maximum Gasteiger partial charge on any atom is 0.317 e. The topological polar surface area (TPSA) is 86.5 Å². The van der Waals surface area contributed by atoms with Crippen LogP contribution in [0.15, 0.2) is 18.2 Å². The Morgan fingerprint density at radius 2 is 2.28 bits per heavy atom. The molecule has 0 bridgehead atoms. The summed E-state index contributed by atoms with van der Waals surface area (Å²) < 4.78 is 4.39. The molecule has 0 radical (unpaired) electrons. The number of carbonyl (C=O) groups is 2. The van der Waals surface area contributed by atoms with Gasteiger partial charge in [0.2, 0.25) is 0 Å². The second-order valence-corrected chi connectivity index (χ2v) is 3.20. The number of carbonyl (C=O) groups excluding carboxylic acids is 2. The molecule has 0 atom stereocenters. The predicted octanol–water partition coefficient (Wildman–Crippen LogP) is 1.32. The van der Waals surface area contributed by atoms with Crippen LogP contribution in [0.3, 0.4) is 0 Å². The van der Waals surface area contributed by atoms with Gasteiger partial charge in [-0.25, -0.2) is 0 Å². The minimum absolute atomic E-state index is 0.0153. The van der Waals surface area contributed by atoms with Gasteiger partial charge in [-0.2, -0.15) is 0 Å². The van der Waals surface area contributed by atoms with Crippen molar-refractivity contribution in [1.82, 2.24) is 0 Å². The number of hydrogen-bond acceptors (Lipinski definition) is 5. The van der Waals surface area contributed by atoms with Crippen LogP contribution < -0.4 is 0 Å². The number of methoxy groups -OCH3 is 1. The highest BCUT2D eigenvalue weighted by Crippen LogP contribution is 2.18. The molecule has 0 amide bonds. The molecule has 6 nitrogen and oxygen atoms in total. The molecule has 0 saturated heterocycles. The molecule has 0 aromatic heterocycles. The SMILES string of the molecule is COC(=O)CC#Cc1ccc(C=O)c([N+](=O)[O-])c1. The van der Waals surface area contributed by atoms with Crippen LogP contribution in [0.2, 0.25) is 0 Å². The number of nitro benzene ring substituents is 1. The van der Waals surface area contributed by atoms with Crippen LogP contribution >= 0.6 is 0 Å². The summed E-state index contributed by atoms with van der Waals surface area (Å²) in [5.41, 5.74) is 0.0320. The number of benzene rings is 1. The number of hydrogen-bond donors (Lipinski definition) is 0. The fourth-order valence-corrected chi connectivity index (χ4v) is 1.17. The average Bonchev–Trinajstić information content (AvgIpc) is 2.38. The lowest BCUT2D eigenvalue weighted by Crippen LogP contribution is -1.97. The Labute approximate surface area is 103 Å². The summed E-state index contributed by atoms with van der Waals surface area (Å²) in [5.74, 6) is 4.62. The Morgan fingerprint density at radius 3 is 2.83 bits per heavy atom. The van der Waals surface area contributed by atoms with E-state index in [1.807, 2.05) is 0 Å². The molecule has 0 fully saturated rings. The van der Waals surface area contributed by atoms with Crippen molar-refractivity contribution in [3.63, 3.8) is 0 Å². The smallest absolute Gasteiger partial charge is 0.317 e. The third kappa shape index (κ3) is 3.42. The van der Waals surface area contributed by atoms with Gasteiger partial charge in [-0.15, -0.1) is 0 Å². The fraction of sp³-hybridized carbons (Fsp3) is 0.167. The maximum absolute atomic E-state index is 10.8. The molecule has 18 heavy (non-hydrogen) atoms. The molecular weight excluding hydrogens is 238 g/mol. The van der Waals surface area contributed by atoms with Gasteiger partial charge in [0.25, 0.3) is 5.69 Å². The molecule has 0 aliphatic heterocycles. The molecule has 0 N–H and O–H groups in total. The van der Waals surface area contributed by atoms with Gasteiger partial charge in [-0.3, -0.25) is 19.7 Å². The van der Waals surface area contributed by atoms with E-state index in [2.05, 4.69) is 16.6 Å². The van der Waals surface area contributed by atoms with Gasteiger partial charge in [-0.05, 0) is 12.1 Å². The van der Waals surface area contributed by atoms with E-state index in [0.717, 1.165) is 0 Å². The van der Waals surface area contributed by atoms with Gasteiger partial charge >= 0.3 is 5.97 Å². The maximum atomic E-state index is 10.8. The van der Waals surface area contributed by atoms with Gasteiger partial charge in [0.05, 0.1) is 17.6 Å². The van der Waals surface area contributed by atoms with E-state index in [0.29, 0.717) is 11.8 Å². The lowest BCUT2D eigenvalue weighted by molar-refractivity contribution is -0.385. The van der Waals surface area contributed by atoms with E-state index >= 15 is 0 Å². The Kier molecular flexibility index (Phi) is 4.58. The Balaban J connectivity index is 2.98. The Bertz CT molecular complexity index is 553. The normalized spacial score (nSPS) is 8.94. The first-order valence-electron chi connectivity index (χ1n) is 4.87. The first-order valence-corrected chi connectivity index (χ1v) is 4.87. The Morgan fingerprint density at radius 1 is 1.56 bits per heavy atom. The number of nitrogens with zero attached hydrogens (tertiary/aromatic N) is 1. The van der Waals surface area contributed by atoms with Crippen LogP contribution in [-0.2, 0) is 9.53 Å². The van der Waals surface area contributed by atoms with Gasteiger partial charge in [-0.1, -0.05) is 11.8 Å². The molecule has 0 spiro atoms. The number of nitro groups is 1. The average molecular weight is 247 g/mol. The van der Waals surface area contributed by atoms with Crippen molar-refractivity contribution in [1.29, 1.82) is 0 Å². The minimum atomic E-state index is -0.658. The largest absolute Gasteiger partial charge is 0.468 e. The number of aldehydes is 1. The van der Waals surface area contributed by atoms with E-state index in [1.165, 1.54) is 25.3 Å². The summed E-state index contributed by atoms with van der Waals surface area (Å²) in [6, 6.07) is 3.97. The second kappa shape index (κ2) is 6.15. The number of rotatable bonds is 3. The fourth-order valence-electron chi connectivity index (χ4n) is 1.17. The summed E-state index contributed by atoms with van der Waals surface area (Å²) >= 11 is 0. The van der Waals surface area contributed by atoms with Crippen molar-refractivity contribution in [3.05, 3.63) is 39.4 Å². The molecule has 0 saturated carbocycles. The molecule has 0 aliphatic rings. The minimum Gasteiger partial charge on any atom is -0.468 e. The van der Waals surface area contributed by atoms with Crippen molar-refractivity contribution in [2.24, 2.45) is 0 Å². The van der Waals surface area contributed by atoms with E-state index in [-0.39, 0.29) is 17.7 Å². The molecule has 1 rings (SSSR count). The molecule has 6 heteroatoms. The van der Waals surface area contributed by atoms with Crippen LogP contribution in [0, 0.1) is 22.0 Å². The quantitative estimate of drug-likeness (QED) is 0.264. The van der Waals surface area contributed by atoms with Crippen molar-refractivity contribution in [3.8, 4) is 11.8 Å². The highest BCUT2D eigenvalue weighted by molar-refractivity contribution is 5.82. The summed E-state index contributed by atoms with van der Waals surface area (Å²) in [4.78, 5) is 31.4. The third-order valence-electron chi connectivity index (χ3n) is 2.05. The van der Waals surface area contributed by atoms with Crippen molar-refractivity contribution >= 4 is 17.9 Å². The van der Waals surface area contributed by atoms with Crippen LogP contribution in [0.1, 0.15) is 22.3 Å². The molecule has 0 heterocycles. The van der Waals surface area contributed by atoms with Crippen LogP contribution in [-0.4, -0.2) is 24.3 Å². The number of ether oxygens (including phenoxy) is 1. The van der Waals surface area contributed by atoms with Gasteiger partial charge in [0.1, 0.15) is 6.42 Å². The van der Waals surface area contributed by atoms with Crippen molar-refractivity contribution in [2.75, 3.05) is 7.11 Å². The Hall–Kier alpha value is -2.68. The van der Waals surface area contributed by atoms with Crippen molar-refractivity contribution < 1.29 is 19.2 Å². The van der Waals surface area contributed by atoms with E-state index in [4.69, 9.17) is 0 Å². The monoisotopic (exact) mass is 247 g/mol. The summed E-state index contributed by atoms with van der Waals surface area (Å²) in [6.07, 6.45) is 0.309.